The van der Waals surface area contributed by atoms with Gasteiger partial charge in [0.05, 0.1) is 11.8 Å². The minimum absolute atomic E-state index is 0.123. The second-order valence-electron chi connectivity index (χ2n) is 3.69. The van der Waals surface area contributed by atoms with Gasteiger partial charge in [0.2, 0.25) is 0 Å². The van der Waals surface area contributed by atoms with Crippen LogP contribution in [-0.4, -0.2) is 21.4 Å². The van der Waals surface area contributed by atoms with E-state index in [1.807, 2.05) is 27.1 Å². The third-order valence-electron chi connectivity index (χ3n) is 2.64. The first kappa shape index (κ1) is 11.2. The SMILES string of the molecule is CCC(CN)C(O)c1cn(C)nc1C. The van der Waals surface area contributed by atoms with E-state index in [-0.39, 0.29) is 5.92 Å². The summed E-state index contributed by atoms with van der Waals surface area (Å²) in [6.07, 6.45) is 2.25. The van der Waals surface area contributed by atoms with E-state index in [9.17, 15) is 5.11 Å². The summed E-state index contributed by atoms with van der Waals surface area (Å²) in [7, 11) is 1.85. The third kappa shape index (κ3) is 2.13. The number of aliphatic hydroxyl groups is 1. The van der Waals surface area contributed by atoms with E-state index >= 15 is 0 Å². The Kier molecular flexibility index (Phi) is 3.66. The lowest BCUT2D eigenvalue weighted by molar-refractivity contribution is 0.109. The smallest absolute Gasteiger partial charge is 0.0863 e. The molecule has 2 unspecified atom stereocenters. The maximum atomic E-state index is 10.0. The monoisotopic (exact) mass is 197 g/mol. The Bertz CT molecular complexity index is 292. The third-order valence-corrected chi connectivity index (χ3v) is 2.64. The Labute approximate surface area is 84.7 Å². The molecule has 0 bridgehead atoms. The van der Waals surface area contributed by atoms with Crippen LogP contribution in [0.1, 0.15) is 30.7 Å². The second kappa shape index (κ2) is 4.57. The molecule has 0 aliphatic heterocycles. The van der Waals surface area contributed by atoms with Crippen LogP contribution < -0.4 is 5.73 Å². The van der Waals surface area contributed by atoms with Gasteiger partial charge in [-0.25, -0.2) is 0 Å². The average Bonchev–Trinajstić information content (AvgIpc) is 2.47. The molecular formula is C10H19N3O. The highest BCUT2D eigenvalue weighted by Gasteiger charge is 2.21. The van der Waals surface area contributed by atoms with Crippen molar-refractivity contribution < 1.29 is 5.11 Å². The van der Waals surface area contributed by atoms with Gasteiger partial charge in [-0.15, -0.1) is 0 Å². The standard InChI is InChI=1S/C10H19N3O/c1-4-8(5-11)10(14)9-6-13(3)12-7(9)2/h6,8,10,14H,4-5,11H2,1-3H3. The Morgan fingerprint density at radius 3 is 2.64 bits per heavy atom. The number of aryl methyl sites for hydroxylation is 2. The van der Waals surface area contributed by atoms with Crippen molar-refractivity contribution in [2.24, 2.45) is 18.7 Å². The van der Waals surface area contributed by atoms with Gasteiger partial charge in [-0.1, -0.05) is 6.92 Å². The minimum atomic E-state index is -0.487. The van der Waals surface area contributed by atoms with Crippen molar-refractivity contribution in [2.45, 2.75) is 26.4 Å². The number of rotatable bonds is 4. The summed E-state index contributed by atoms with van der Waals surface area (Å²) in [5.41, 5.74) is 7.37. The number of nitrogens with zero attached hydrogens (tertiary/aromatic N) is 2. The van der Waals surface area contributed by atoms with Crippen molar-refractivity contribution in [3.8, 4) is 0 Å². The number of aliphatic hydroxyl groups excluding tert-OH is 1. The van der Waals surface area contributed by atoms with Gasteiger partial charge >= 0.3 is 0 Å². The number of aromatic nitrogens is 2. The fourth-order valence-electron chi connectivity index (χ4n) is 1.68. The van der Waals surface area contributed by atoms with E-state index in [1.54, 1.807) is 4.68 Å². The molecule has 0 amide bonds. The zero-order chi connectivity index (χ0) is 10.7. The van der Waals surface area contributed by atoms with E-state index < -0.39 is 6.10 Å². The first-order valence-corrected chi connectivity index (χ1v) is 4.98. The summed E-state index contributed by atoms with van der Waals surface area (Å²) >= 11 is 0. The largest absolute Gasteiger partial charge is 0.388 e. The molecule has 0 spiro atoms. The fourth-order valence-corrected chi connectivity index (χ4v) is 1.68. The Balaban J connectivity index is 2.87. The predicted molar refractivity (Wildman–Crippen MR) is 55.7 cm³/mol. The lowest BCUT2D eigenvalue weighted by atomic mass is 9.94. The van der Waals surface area contributed by atoms with Crippen LogP contribution in [0.15, 0.2) is 6.20 Å². The normalized spacial score (nSPS) is 15.5. The summed E-state index contributed by atoms with van der Waals surface area (Å²) in [6.45, 7) is 4.44. The highest BCUT2D eigenvalue weighted by Crippen LogP contribution is 2.25. The zero-order valence-electron chi connectivity index (χ0n) is 9.07. The van der Waals surface area contributed by atoms with Gasteiger partial charge in [-0.05, 0) is 19.9 Å². The van der Waals surface area contributed by atoms with Crippen molar-refractivity contribution >= 4 is 0 Å². The quantitative estimate of drug-likeness (QED) is 0.748. The lowest BCUT2D eigenvalue weighted by Crippen LogP contribution is -2.21. The molecule has 14 heavy (non-hydrogen) atoms. The molecule has 0 aromatic carbocycles. The topological polar surface area (TPSA) is 64.1 Å². The predicted octanol–water partition coefficient (Wildman–Crippen LogP) is 0.747. The van der Waals surface area contributed by atoms with Crippen LogP contribution >= 0.6 is 0 Å². The van der Waals surface area contributed by atoms with E-state index in [2.05, 4.69) is 5.10 Å². The Hall–Kier alpha value is -0.870. The van der Waals surface area contributed by atoms with Gasteiger partial charge < -0.3 is 10.8 Å². The molecule has 1 rings (SSSR count). The van der Waals surface area contributed by atoms with Crippen LogP contribution in [-0.2, 0) is 7.05 Å². The van der Waals surface area contributed by atoms with Crippen molar-refractivity contribution in [3.05, 3.63) is 17.5 Å². The van der Waals surface area contributed by atoms with Gasteiger partial charge in [-0.2, -0.15) is 5.10 Å². The number of hydrogen-bond donors (Lipinski definition) is 2. The lowest BCUT2D eigenvalue weighted by Gasteiger charge is -2.19. The molecule has 0 fully saturated rings. The van der Waals surface area contributed by atoms with E-state index in [4.69, 9.17) is 5.73 Å². The summed E-state index contributed by atoms with van der Waals surface area (Å²) < 4.78 is 1.72. The van der Waals surface area contributed by atoms with Gasteiger partial charge in [0.1, 0.15) is 0 Å². The molecule has 0 saturated heterocycles. The molecule has 0 saturated carbocycles. The summed E-state index contributed by atoms with van der Waals surface area (Å²) in [5.74, 6) is 0.123. The van der Waals surface area contributed by atoms with Crippen LogP contribution in [0.4, 0.5) is 0 Å². The van der Waals surface area contributed by atoms with Crippen LogP contribution in [0.5, 0.6) is 0 Å². The molecule has 1 heterocycles. The van der Waals surface area contributed by atoms with Crippen molar-refractivity contribution in [1.29, 1.82) is 0 Å². The highest BCUT2D eigenvalue weighted by atomic mass is 16.3. The number of nitrogens with two attached hydrogens (primary N) is 1. The van der Waals surface area contributed by atoms with E-state index in [0.29, 0.717) is 6.54 Å². The van der Waals surface area contributed by atoms with Crippen LogP contribution in [0.25, 0.3) is 0 Å². The van der Waals surface area contributed by atoms with E-state index in [1.165, 1.54) is 0 Å². The number of hydrogen-bond acceptors (Lipinski definition) is 3. The van der Waals surface area contributed by atoms with Crippen LogP contribution in [0.2, 0.25) is 0 Å². The van der Waals surface area contributed by atoms with Crippen LogP contribution in [0, 0.1) is 12.8 Å². The maximum absolute atomic E-state index is 10.0. The average molecular weight is 197 g/mol. The highest BCUT2D eigenvalue weighted by molar-refractivity contribution is 5.19. The first-order chi connectivity index (χ1) is 6.60. The van der Waals surface area contributed by atoms with Gasteiger partial charge in [0, 0.05) is 24.7 Å². The Morgan fingerprint density at radius 1 is 1.64 bits per heavy atom. The second-order valence-corrected chi connectivity index (χ2v) is 3.69. The molecule has 4 heteroatoms. The molecule has 4 nitrogen and oxygen atoms in total. The molecule has 0 radical (unpaired) electrons. The molecular weight excluding hydrogens is 178 g/mol. The Morgan fingerprint density at radius 2 is 2.29 bits per heavy atom. The van der Waals surface area contributed by atoms with Gasteiger partial charge in [0.25, 0.3) is 0 Å². The maximum Gasteiger partial charge on any atom is 0.0863 e. The fraction of sp³-hybridized carbons (Fsp3) is 0.700. The first-order valence-electron chi connectivity index (χ1n) is 4.98. The molecule has 2 atom stereocenters. The minimum Gasteiger partial charge on any atom is -0.388 e. The van der Waals surface area contributed by atoms with Crippen molar-refractivity contribution in [3.63, 3.8) is 0 Å². The van der Waals surface area contributed by atoms with Crippen molar-refractivity contribution in [1.82, 2.24) is 9.78 Å². The molecule has 1 aromatic heterocycles. The van der Waals surface area contributed by atoms with Gasteiger partial charge in [0.15, 0.2) is 0 Å². The summed E-state index contributed by atoms with van der Waals surface area (Å²) in [5, 5.41) is 14.2. The molecule has 0 aliphatic carbocycles. The summed E-state index contributed by atoms with van der Waals surface area (Å²) in [4.78, 5) is 0. The zero-order valence-corrected chi connectivity index (χ0v) is 9.07. The van der Waals surface area contributed by atoms with Crippen LogP contribution in [0.3, 0.4) is 0 Å². The molecule has 0 aliphatic rings. The van der Waals surface area contributed by atoms with E-state index in [0.717, 1.165) is 17.7 Å². The molecule has 1 aromatic rings. The van der Waals surface area contributed by atoms with Crippen molar-refractivity contribution in [2.75, 3.05) is 6.54 Å². The molecule has 80 valence electrons. The molecule has 3 N–H and O–H groups in total. The summed E-state index contributed by atoms with van der Waals surface area (Å²) in [6, 6.07) is 0. The van der Waals surface area contributed by atoms with Gasteiger partial charge in [-0.3, -0.25) is 4.68 Å².